The van der Waals surface area contributed by atoms with E-state index in [1.54, 1.807) is 24.3 Å². The lowest BCUT2D eigenvalue weighted by molar-refractivity contribution is -0.385. The number of nitro groups is 1. The first-order chi connectivity index (χ1) is 10.0. The van der Waals surface area contributed by atoms with Crippen molar-refractivity contribution in [2.75, 3.05) is 0 Å². The van der Waals surface area contributed by atoms with Crippen LogP contribution in [0.1, 0.15) is 15.9 Å². The zero-order valence-electron chi connectivity index (χ0n) is 10.6. The van der Waals surface area contributed by atoms with Crippen LogP contribution in [-0.4, -0.2) is 11.2 Å². The molecular formula is C14H9BrClNO4. The van der Waals surface area contributed by atoms with E-state index in [1.165, 1.54) is 12.1 Å². The molecule has 7 heteroatoms. The van der Waals surface area contributed by atoms with Gasteiger partial charge in [0.05, 0.1) is 15.5 Å². The molecule has 0 saturated heterocycles. The van der Waals surface area contributed by atoms with Gasteiger partial charge >= 0.3 is 0 Å². The van der Waals surface area contributed by atoms with Gasteiger partial charge in [-0.2, -0.15) is 0 Å². The number of halogens is 2. The van der Waals surface area contributed by atoms with Crippen molar-refractivity contribution in [2.24, 2.45) is 0 Å². The van der Waals surface area contributed by atoms with Crippen LogP contribution in [0.3, 0.4) is 0 Å². The highest BCUT2D eigenvalue weighted by molar-refractivity contribution is 9.10. The zero-order chi connectivity index (χ0) is 15.4. The van der Waals surface area contributed by atoms with Crippen LogP contribution in [0.4, 0.5) is 5.69 Å². The van der Waals surface area contributed by atoms with E-state index in [2.05, 4.69) is 15.9 Å². The molecule has 0 aliphatic heterocycles. The summed E-state index contributed by atoms with van der Waals surface area (Å²) < 4.78 is 6.10. The Kier molecular flexibility index (Phi) is 4.93. The highest BCUT2D eigenvalue weighted by atomic mass is 79.9. The van der Waals surface area contributed by atoms with E-state index >= 15 is 0 Å². The minimum atomic E-state index is -0.472. The lowest BCUT2D eigenvalue weighted by Crippen LogP contribution is -2.01. The molecule has 2 aromatic carbocycles. The molecule has 0 spiro atoms. The van der Waals surface area contributed by atoms with Crippen LogP contribution in [-0.2, 0) is 6.61 Å². The van der Waals surface area contributed by atoms with Crippen molar-refractivity contribution in [1.29, 1.82) is 0 Å². The summed E-state index contributed by atoms with van der Waals surface area (Å²) in [5.41, 5.74) is 0.825. The average molecular weight is 371 g/mol. The fraction of sp³-hybridized carbons (Fsp3) is 0.0714. The smallest absolute Gasteiger partial charge is 0.277 e. The van der Waals surface area contributed by atoms with Crippen molar-refractivity contribution in [3.8, 4) is 5.75 Å². The summed E-state index contributed by atoms with van der Waals surface area (Å²) in [6.45, 7) is 0.00372. The summed E-state index contributed by atoms with van der Waals surface area (Å²) in [5.74, 6) is 0.361. The minimum absolute atomic E-state index is 0.00372. The molecule has 21 heavy (non-hydrogen) atoms. The van der Waals surface area contributed by atoms with Gasteiger partial charge in [-0.1, -0.05) is 27.5 Å². The number of hydrogen-bond donors (Lipinski definition) is 0. The maximum Gasteiger partial charge on any atom is 0.277 e. The maximum atomic E-state index is 11.0. The number of rotatable bonds is 5. The first kappa shape index (κ1) is 15.5. The first-order valence-corrected chi connectivity index (χ1v) is 6.98. The standard InChI is InChI=1S/C14H9BrClNO4/c15-11-3-2-10(13(6-11)17(19)20)8-21-14-4-1-9(7-18)5-12(14)16/h1-7H,8H2. The third kappa shape index (κ3) is 3.80. The van der Waals surface area contributed by atoms with Gasteiger partial charge in [0, 0.05) is 16.1 Å². The maximum absolute atomic E-state index is 11.0. The molecule has 2 aromatic rings. The van der Waals surface area contributed by atoms with E-state index in [0.29, 0.717) is 27.6 Å². The highest BCUT2D eigenvalue weighted by Gasteiger charge is 2.15. The minimum Gasteiger partial charge on any atom is -0.487 e. The van der Waals surface area contributed by atoms with Crippen molar-refractivity contribution >= 4 is 39.5 Å². The van der Waals surface area contributed by atoms with Gasteiger partial charge in [0.15, 0.2) is 0 Å². The Bertz CT molecular complexity index is 705. The van der Waals surface area contributed by atoms with Crippen LogP contribution in [0.5, 0.6) is 5.75 Å². The molecule has 0 radical (unpaired) electrons. The largest absolute Gasteiger partial charge is 0.487 e. The number of benzene rings is 2. The van der Waals surface area contributed by atoms with Crippen LogP contribution in [0.2, 0.25) is 5.02 Å². The Hall–Kier alpha value is -1.92. The van der Waals surface area contributed by atoms with Gasteiger partial charge in [-0.25, -0.2) is 0 Å². The molecule has 0 fully saturated rings. The van der Waals surface area contributed by atoms with E-state index in [9.17, 15) is 14.9 Å². The Morgan fingerprint density at radius 2 is 2.05 bits per heavy atom. The second-order valence-corrected chi connectivity index (χ2v) is 5.45. The number of carbonyl (C=O) groups excluding carboxylic acids is 1. The monoisotopic (exact) mass is 369 g/mol. The molecule has 2 rings (SSSR count). The van der Waals surface area contributed by atoms with E-state index in [-0.39, 0.29) is 17.3 Å². The Labute approximate surface area is 133 Å². The van der Waals surface area contributed by atoms with Gasteiger partial charge in [-0.15, -0.1) is 0 Å². The second-order valence-electron chi connectivity index (χ2n) is 4.13. The van der Waals surface area contributed by atoms with Crippen molar-refractivity contribution in [1.82, 2.24) is 0 Å². The van der Waals surface area contributed by atoms with Crippen LogP contribution < -0.4 is 4.74 Å². The third-order valence-corrected chi connectivity index (χ3v) is 3.51. The highest BCUT2D eigenvalue weighted by Crippen LogP contribution is 2.28. The van der Waals surface area contributed by atoms with Crippen molar-refractivity contribution in [3.05, 3.63) is 67.1 Å². The quantitative estimate of drug-likeness (QED) is 0.444. The summed E-state index contributed by atoms with van der Waals surface area (Å²) in [4.78, 5) is 21.2. The van der Waals surface area contributed by atoms with Crippen LogP contribution in [0, 0.1) is 10.1 Å². The van der Waals surface area contributed by atoms with Gasteiger partial charge in [0.25, 0.3) is 5.69 Å². The SMILES string of the molecule is O=Cc1ccc(OCc2ccc(Br)cc2[N+](=O)[O-])c(Cl)c1. The summed E-state index contributed by atoms with van der Waals surface area (Å²) >= 11 is 9.17. The number of carbonyl (C=O) groups is 1. The second kappa shape index (κ2) is 6.69. The molecule has 5 nitrogen and oxygen atoms in total. The summed E-state index contributed by atoms with van der Waals surface area (Å²) in [6.07, 6.45) is 0.676. The summed E-state index contributed by atoms with van der Waals surface area (Å²) in [7, 11) is 0. The Balaban J connectivity index is 2.20. The molecule has 0 atom stereocenters. The van der Waals surface area contributed by atoms with Crippen LogP contribution in [0.25, 0.3) is 0 Å². The fourth-order valence-electron chi connectivity index (χ4n) is 1.69. The van der Waals surface area contributed by atoms with Crippen molar-refractivity contribution < 1.29 is 14.5 Å². The summed E-state index contributed by atoms with van der Waals surface area (Å²) in [6, 6.07) is 9.30. The number of hydrogen-bond acceptors (Lipinski definition) is 4. The average Bonchev–Trinajstić information content (AvgIpc) is 2.46. The number of ether oxygens (including phenoxy) is 1. The molecule has 0 heterocycles. The molecule has 0 unspecified atom stereocenters. The van der Waals surface area contributed by atoms with Gasteiger partial charge in [-0.05, 0) is 30.3 Å². The zero-order valence-corrected chi connectivity index (χ0v) is 12.9. The van der Waals surface area contributed by atoms with Crippen LogP contribution in [0.15, 0.2) is 40.9 Å². The van der Waals surface area contributed by atoms with E-state index in [1.807, 2.05) is 0 Å². The van der Waals surface area contributed by atoms with Gasteiger partial charge < -0.3 is 4.74 Å². The van der Waals surface area contributed by atoms with E-state index in [4.69, 9.17) is 16.3 Å². The van der Waals surface area contributed by atoms with Gasteiger partial charge in [0.1, 0.15) is 18.6 Å². The fourth-order valence-corrected chi connectivity index (χ4v) is 2.28. The van der Waals surface area contributed by atoms with Crippen molar-refractivity contribution in [2.45, 2.75) is 6.61 Å². The molecule has 0 saturated carbocycles. The lowest BCUT2D eigenvalue weighted by atomic mass is 10.2. The number of nitro benzene ring substituents is 1. The molecule has 0 amide bonds. The third-order valence-electron chi connectivity index (χ3n) is 2.72. The molecule has 0 aliphatic rings. The van der Waals surface area contributed by atoms with E-state index < -0.39 is 4.92 Å². The number of aldehydes is 1. The van der Waals surface area contributed by atoms with Crippen LogP contribution >= 0.6 is 27.5 Å². The normalized spacial score (nSPS) is 10.2. The van der Waals surface area contributed by atoms with Gasteiger partial charge in [-0.3, -0.25) is 14.9 Å². The Morgan fingerprint density at radius 1 is 1.29 bits per heavy atom. The summed E-state index contributed by atoms with van der Waals surface area (Å²) in [5, 5.41) is 11.3. The number of nitrogens with zero attached hydrogens (tertiary/aromatic N) is 1. The predicted octanol–water partition coefficient (Wildman–Crippen LogP) is 4.40. The predicted molar refractivity (Wildman–Crippen MR) is 82.0 cm³/mol. The van der Waals surface area contributed by atoms with E-state index in [0.717, 1.165) is 0 Å². The molecule has 0 N–H and O–H groups in total. The molecule has 0 aromatic heterocycles. The lowest BCUT2D eigenvalue weighted by Gasteiger charge is -2.09. The molecule has 0 bridgehead atoms. The molecule has 0 aliphatic carbocycles. The topological polar surface area (TPSA) is 69.4 Å². The van der Waals surface area contributed by atoms with Crippen molar-refractivity contribution in [3.63, 3.8) is 0 Å². The molecular weight excluding hydrogens is 362 g/mol. The van der Waals surface area contributed by atoms with Gasteiger partial charge in [0.2, 0.25) is 0 Å². The molecule has 108 valence electrons. The Morgan fingerprint density at radius 3 is 2.67 bits per heavy atom. The first-order valence-electron chi connectivity index (χ1n) is 5.81.